The van der Waals surface area contributed by atoms with Crippen LogP contribution in [0.3, 0.4) is 0 Å². The summed E-state index contributed by atoms with van der Waals surface area (Å²) in [7, 11) is -1.72. The van der Waals surface area contributed by atoms with Crippen LogP contribution in [0.15, 0.2) is 0 Å². The third kappa shape index (κ3) is 6.32. The van der Waals surface area contributed by atoms with Crippen LogP contribution in [-0.2, 0) is 14.8 Å². The number of nitrogens with two attached hydrogens (primary N) is 1. The van der Waals surface area contributed by atoms with Gasteiger partial charge in [0.1, 0.15) is 0 Å². The minimum atomic E-state index is -3.20. The molecule has 1 aliphatic rings. The molecule has 92 valence electrons. The van der Waals surface area contributed by atoms with Crippen molar-refractivity contribution < 1.29 is 13.2 Å². The van der Waals surface area contributed by atoms with Crippen LogP contribution in [0.5, 0.6) is 0 Å². The molecule has 0 aromatic heterocycles. The minimum Gasteiger partial charge on any atom is -0.384 e. The van der Waals surface area contributed by atoms with Gasteiger partial charge in [0.05, 0.1) is 12.4 Å². The monoisotopic (exact) mass is 258 g/mol. The van der Waals surface area contributed by atoms with E-state index < -0.39 is 10.0 Å². The van der Waals surface area contributed by atoms with Crippen molar-refractivity contribution in [2.24, 2.45) is 11.7 Å². The van der Waals surface area contributed by atoms with Gasteiger partial charge in [0, 0.05) is 19.7 Å². The van der Waals surface area contributed by atoms with Gasteiger partial charge in [-0.2, -0.15) is 0 Å². The normalized spacial score (nSPS) is 18.3. The van der Waals surface area contributed by atoms with Crippen LogP contribution >= 0.6 is 12.4 Å². The summed E-state index contributed by atoms with van der Waals surface area (Å²) < 4.78 is 29.8. The first-order valence-corrected chi connectivity index (χ1v) is 6.42. The first kappa shape index (κ1) is 15.1. The summed E-state index contributed by atoms with van der Waals surface area (Å²) in [5.41, 5.74) is 5.76. The van der Waals surface area contributed by atoms with Gasteiger partial charge in [-0.05, 0) is 18.8 Å². The summed E-state index contributed by atoms with van der Waals surface area (Å²) >= 11 is 0. The highest BCUT2D eigenvalue weighted by Gasteiger charge is 2.28. The summed E-state index contributed by atoms with van der Waals surface area (Å²) in [6, 6.07) is -0.0349. The lowest BCUT2D eigenvalue weighted by Gasteiger charge is -2.11. The second-order valence-corrected chi connectivity index (χ2v) is 5.59. The lowest BCUT2D eigenvalue weighted by atomic mass is 10.2. The van der Waals surface area contributed by atoms with E-state index in [2.05, 4.69) is 4.72 Å². The zero-order valence-electron chi connectivity index (χ0n) is 8.81. The highest BCUT2D eigenvalue weighted by atomic mass is 35.5. The molecule has 0 aromatic carbocycles. The van der Waals surface area contributed by atoms with E-state index in [0.29, 0.717) is 12.5 Å². The lowest BCUT2D eigenvalue weighted by molar-refractivity contribution is 0.217. The van der Waals surface area contributed by atoms with Gasteiger partial charge in [-0.25, -0.2) is 13.1 Å². The van der Waals surface area contributed by atoms with Crippen LogP contribution in [0.1, 0.15) is 12.8 Å². The van der Waals surface area contributed by atoms with Crippen LogP contribution in [0.2, 0.25) is 0 Å². The number of sulfonamides is 1. The Labute approximate surface area is 97.2 Å². The Morgan fingerprint density at radius 3 is 2.60 bits per heavy atom. The quantitative estimate of drug-likeness (QED) is 0.658. The second-order valence-electron chi connectivity index (χ2n) is 3.66. The largest absolute Gasteiger partial charge is 0.384 e. The molecule has 7 heteroatoms. The SMILES string of the molecule is COCCS(=O)(=O)NCC(N)C1CC1.Cl. The summed E-state index contributed by atoms with van der Waals surface area (Å²) in [6.07, 6.45) is 2.25. The Kier molecular flexibility index (Phi) is 6.70. The third-order valence-electron chi connectivity index (χ3n) is 2.32. The van der Waals surface area contributed by atoms with Crippen molar-refractivity contribution in [1.29, 1.82) is 0 Å². The molecule has 0 aromatic rings. The summed E-state index contributed by atoms with van der Waals surface area (Å²) in [6.45, 7) is 0.560. The Morgan fingerprint density at radius 2 is 2.13 bits per heavy atom. The van der Waals surface area contributed by atoms with E-state index >= 15 is 0 Å². The van der Waals surface area contributed by atoms with Gasteiger partial charge >= 0.3 is 0 Å². The molecule has 5 nitrogen and oxygen atoms in total. The molecular formula is C8H19ClN2O3S. The van der Waals surface area contributed by atoms with Gasteiger partial charge in [0.15, 0.2) is 0 Å². The van der Waals surface area contributed by atoms with Crippen molar-refractivity contribution in [2.75, 3.05) is 26.0 Å². The molecule has 3 N–H and O–H groups in total. The number of hydrogen-bond acceptors (Lipinski definition) is 4. The van der Waals surface area contributed by atoms with Gasteiger partial charge in [-0.15, -0.1) is 12.4 Å². The second kappa shape index (κ2) is 6.65. The fourth-order valence-electron chi connectivity index (χ4n) is 1.18. The maximum absolute atomic E-state index is 11.3. The average Bonchev–Trinajstić information content (AvgIpc) is 2.94. The molecule has 1 fully saturated rings. The molecule has 0 radical (unpaired) electrons. The Hall–Kier alpha value is 0.120. The molecule has 1 unspecified atom stereocenters. The summed E-state index contributed by atoms with van der Waals surface area (Å²) in [5.74, 6) is 0.515. The average molecular weight is 259 g/mol. The van der Waals surface area contributed by atoms with Gasteiger partial charge in [0.25, 0.3) is 0 Å². The standard InChI is InChI=1S/C8H18N2O3S.ClH/c1-13-4-5-14(11,12)10-6-8(9)7-2-3-7;/h7-8,10H,2-6,9H2,1H3;1H. The predicted octanol–water partition coefficient (Wildman–Crippen LogP) is -0.289. The summed E-state index contributed by atoms with van der Waals surface area (Å²) in [4.78, 5) is 0. The van der Waals surface area contributed by atoms with E-state index in [9.17, 15) is 8.42 Å². The number of hydrogen-bond donors (Lipinski definition) is 2. The highest BCUT2D eigenvalue weighted by Crippen LogP contribution is 2.31. The van der Waals surface area contributed by atoms with Crippen molar-refractivity contribution in [1.82, 2.24) is 4.72 Å². The molecule has 0 spiro atoms. The van der Waals surface area contributed by atoms with Crippen LogP contribution in [-0.4, -0.2) is 40.5 Å². The van der Waals surface area contributed by atoms with Crippen LogP contribution in [0, 0.1) is 5.92 Å². The summed E-state index contributed by atoms with van der Waals surface area (Å²) in [5, 5.41) is 0. The first-order valence-electron chi connectivity index (χ1n) is 4.77. The van der Waals surface area contributed by atoms with Gasteiger partial charge in [-0.1, -0.05) is 0 Å². The number of rotatable bonds is 7. The Balaban J connectivity index is 0.00000196. The number of nitrogens with one attached hydrogen (secondary N) is 1. The maximum atomic E-state index is 11.3. The topological polar surface area (TPSA) is 81.4 Å². The van der Waals surface area contributed by atoms with E-state index in [0.717, 1.165) is 12.8 Å². The van der Waals surface area contributed by atoms with Crippen LogP contribution < -0.4 is 10.5 Å². The van der Waals surface area contributed by atoms with Gasteiger partial charge in [-0.3, -0.25) is 0 Å². The molecule has 1 rings (SSSR count). The van der Waals surface area contributed by atoms with E-state index in [-0.39, 0.29) is 30.8 Å². The smallest absolute Gasteiger partial charge is 0.213 e. The van der Waals surface area contributed by atoms with Crippen molar-refractivity contribution in [3.63, 3.8) is 0 Å². The number of methoxy groups -OCH3 is 1. The Bertz CT molecular complexity index is 267. The third-order valence-corrected chi connectivity index (χ3v) is 3.63. The fourth-order valence-corrected chi connectivity index (χ4v) is 2.16. The molecule has 1 saturated carbocycles. The van der Waals surface area contributed by atoms with E-state index in [4.69, 9.17) is 10.5 Å². The van der Waals surface area contributed by atoms with Crippen molar-refractivity contribution >= 4 is 22.4 Å². The first-order chi connectivity index (χ1) is 6.55. The molecule has 0 saturated heterocycles. The molecule has 0 amide bonds. The fraction of sp³-hybridized carbons (Fsp3) is 1.00. The molecular weight excluding hydrogens is 240 g/mol. The van der Waals surface area contributed by atoms with Crippen molar-refractivity contribution in [3.05, 3.63) is 0 Å². The van der Waals surface area contributed by atoms with Crippen LogP contribution in [0.25, 0.3) is 0 Å². The van der Waals surface area contributed by atoms with Crippen molar-refractivity contribution in [2.45, 2.75) is 18.9 Å². The number of ether oxygens (including phenoxy) is 1. The molecule has 0 aliphatic heterocycles. The Morgan fingerprint density at radius 1 is 1.53 bits per heavy atom. The van der Waals surface area contributed by atoms with Gasteiger partial charge < -0.3 is 10.5 Å². The molecule has 15 heavy (non-hydrogen) atoms. The van der Waals surface area contributed by atoms with E-state index in [1.807, 2.05) is 0 Å². The van der Waals surface area contributed by atoms with Crippen molar-refractivity contribution in [3.8, 4) is 0 Å². The predicted molar refractivity (Wildman–Crippen MR) is 61.6 cm³/mol. The van der Waals surface area contributed by atoms with Gasteiger partial charge in [0.2, 0.25) is 10.0 Å². The number of halogens is 1. The van der Waals surface area contributed by atoms with E-state index in [1.54, 1.807) is 0 Å². The molecule has 0 bridgehead atoms. The maximum Gasteiger partial charge on any atom is 0.213 e. The zero-order valence-corrected chi connectivity index (χ0v) is 10.4. The van der Waals surface area contributed by atoms with Crippen LogP contribution in [0.4, 0.5) is 0 Å². The lowest BCUT2D eigenvalue weighted by Crippen LogP contribution is -2.40. The highest BCUT2D eigenvalue weighted by molar-refractivity contribution is 7.89. The zero-order chi connectivity index (χ0) is 10.6. The van der Waals surface area contributed by atoms with E-state index in [1.165, 1.54) is 7.11 Å². The minimum absolute atomic E-state index is 0. The molecule has 0 heterocycles. The molecule has 1 aliphatic carbocycles. The molecule has 1 atom stereocenters.